The highest BCUT2D eigenvalue weighted by atomic mass is 32.2. The zero-order valence-corrected chi connectivity index (χ0v) is 18.4. The quantitative estimate of drug-likeness (QED) is 0.585. The molecule has 0 spiro atoms. The summed E-state index contributed by atoms with van der Waals surface area (Å²) >= 11 is 0. The number of hydrogen-bond acceptors (Lipinski definition) is 3. The third-order valence-electron chi connectivity index (χ3n) is 6.19. The minimum absolute atomic E-state index is 0.0259. The van der Waals surface area contributed by atoms with Gasteiger partial charge in [0.25, 0.3) is 0 Å². The van der Waals surface area contributed by atoms with Crippen molar-refractivity contribution in [2.24, 2.45) is 5.92 Å². The van der Waals surface area contributed by atoms with E-state index in [0.29, 0.717) is 17.7 Å². The van der Waals surface area contributed by atoms with Crippen LogP contribution in [0.4, 0.5) is 26.3 Å². The van der Waals surface area contributed by atoms with Crippen LogP contribution in [-0.4, -0.2) is 49.2 Å². The largest absolute Gasteiger partial charge is 0.416 e. The Balaban J connectivity index is 1.46. The Hall–Kier alpha value is -2.60. The third kappa shape index (κ3) is 4.78. The number of carbonyl (C=O) groups is 1. The molecule has 1 amide bonds. The highest BCUT2D eigenvalue weighted by Crippen LogP contribution is 2.35. The van der Waals surface area contributed by atoms with E-state index in [0.717, 1.165) is 28.6 Å². The molecular formula is C22H20F6N2O3S. The van der Waals surface area contributed by atoms with E-state index in [-0.39, 0.29) is 43.3 Å². The molecule has 0 saturated carbocycles. The van der Waals surface area contributed by atoms with Gasteiger partial charge in [-0.1, -0.05) is 18.2 Å². The lowest BCUT2D eigenvalue weighted by molar-refractivity contribution is -0.138. The van der Waals surface area contributed by atoms with E-state index in [1.807, 2.05) is 0 Å². The third-order valence-corrected chi connectivity index (χ3v) is 8.07. The Bertz CT molecular complexity index is 1180. The van der Waals surface area contributed by atoms with Crippen LogP contribution in [0.15, 0.2) is 53.4 Å². The summed E-state index contributed by atoms with van der Waals surface area (Å²) in [4.78, 5) is 14.1. The Morgan fingerprint density at radius 1 is 0.882 bits per heavy atom. The number of hydrogen-bond donors (Lipinski definition) is 0. The number of carbonyl (C=O) groups excluding carboxylic acids is 1. The maximum Gasteiger partial charge on any atom is 0.416 e. The van der Waals surface area contributed by atoms with Gasteiger partial charge in [0.1, 0.15) is 0 Å². The first-order chi connectivity index (χ1) is 15.8. The molecule has 1 unspecified atom stereocenters. The van der Waals surface area contributed by atoms with Gasteiger partial charge in [0.15, 0.2) is 0 Å². The summed E-state index contributed by atoms with van der Waals surface area (Å²) in [7, 11) is -4.08. The molecular weight excluding hydrogens is 486 g/mol. The van der Waals surface area contributed by atoms with Crippen molar-refractivity contribution in [2.45, 2.75) is 36.1 Å². The maximum atomic E-state index is 13.0. The molecule has 0 bridgehead atoms. The molecule has 5 nitrogen and oxygen atoms in total. The van der Waals surface area contributed by atoms with Crippen LogP contribution in [0.25, 0.3) is 0 Å². The second kappa shape index (κ2) is 8.56. The molecule has 2 aromatic rings. The van der Waals surface area contributed by atoms with Crippen LogP contribution in [0, 0.1) is 5.92 Å². The number of rotatable bonds is 4. The van der Waals surface area contributed by atoms with Crippen molar-refractivity contribution >= 4 is 15.9 Å². The van der Waals surface area contributed by atoms with Gasteiger partial charge in [0.05, 0.1) is 16.0 Å². The van der Waals surface area contributed by atoms with Crippen LogP contribution in [0.1, 0.15) is 23.1 Å². The molecule has 0 radical (unpaired) electrons. The van der Waals surface area contributed by atoms with Crippen LogP contribution in [0.5, 0.6) is 0 Å². The lowest BCUT2D eigenvalue weighted by Crippen LogP contribution is -2.53. The number of alkyl halides is 6. The molecule has 0 aliphatic carbocycles. The highest BCUT2D eigenvalue weighted by Gasteiger charge is 2.45. The molecule has 34 heavy (non-hydrogen) atoms. The predicted octanol–water partition coefficient (Wildman–Crippen LogP) is 4.19. The molecule has 2 atom stereocenters. The number of benzene rings is 2. The molecule has 2 saturated heterocycles. The summed E-state index contributed by atoms with van der Waals surface area (Å²) in [5.41, 5.74) is -1.40. The SMILES string of the molecule is O=C1C(Cc2cccc(C(F)(F)F)c2)C[C@H]2CN(S(=O)(=O)c3ccc(C(F)(F)F)cc3)CCN12. The van der Waals surface area contributed by atoms with E-state index in [1.165, 1.54) is 17.0 Å². The zero-order valence-electron chi connectivity index (χ0n) is 17.6. The van der Waals surface area contributed by atoms with Crippen LogP contribution in [-0.2, 0) is 33.6 Å². The molecule has 2 heterocycles. The molecule has 2 fully saturated rings. The Labute approximate surface area is 192 Å². The summed E-state index contributed by atoms with van der Waals surface area (Å²) in [5, 5.41) is 0. The first kappa shape index (κ1) is 24.5. The van der Waals surface area contributed by atoms with Crippen LogP contribution in [0.3, 0.4) is 0 Å². The van der Waals surface area contributed by atoms with Crippen molar-refractivity contribution in [1.29, 1.82) is 0 Å². The molecule has 0 aromatic heterocycles. The molecule has 12 heteroatoms. The molecule has 2 aromatic carbocycles. The number of fused-ring (bicyclic) bond motifs is 1. The predicted molar refractivity (Wildman–Crippen MR) is 109 cm³/mol. The minimum Gasteiger partial charge on any atom is -0.337 e. The van der Waals surface area contributed by atoms with E-state index >= 15 is 0 Å². The van der Waals surface area contributed by atoms with Gasteiger partial charge in [0, 0.05) is 31.6 Å². The topological polar surface area (TPSA) is 57.7 Å². The first-order valence-corrected chi connectivity index (χ1v) is 11.8. The fourth-order valence-corrected chi connectivity index (χ4v) is 5.96. The van der Waals surface area contributed by atoms with E-state index in [9.17, 15) is 39.6 Å². The van der Waals surface area contributed by atoms with Gasteiger partial charge < -0.3 is 4.90 Å². The number of piperazine rings is 1. The number of nitrogens with zero attached hydrogens (tertiary/aromatic N) is 2. The fraction of sp³-hybridized carbons (Fsp3) is 0.409. The number of sulfonamides is 1. The van der Waals surface area contributed by atoms with E-state index in [2.05, 4.69) is 0 Å². The first-order valence-electron chi connectivity index (χ1n) is 10.4. The lowest BCUT2D eigenvalue weighted by Gasteiger charge is -2.36. The second-order valence-corrected chi connectivity index (χ2v) is 10.3. The highest BCUT2D eigenvalue weighted by molar-refractivity contribution is 7.89. The van der Waals surface area contributed by atoms with E-state index < -0.39 is 45.5 Å². The van der Waals surface area contributed by atoms with Crippen LogP contribution in [0.2, 0.25) is 0 Å². The minimum atomic E-state index is -4.59. The number of halogens is 6. The van der Waals surface area contributed by atoms with Crippen molar-refractivity contribution < 1.29 is 39.6 Å². The Kier molecular flexibility index (Phi) is 6.17. The summed E-state index contributed by atoms with van der Waals surface area (Å²) < 4.78 is 104. The van der Waals surface area contributed by atoms with Gasteiger partial charge in [-0.05, 0) is 48.7 Å². The monoisotopic (exact) mass is 506 g/mol. The van der Waals surface area contributed by atoms with Crippen molar-refractivity contribution in [3.63, 3.8) is 0 Å². The van der Waals surface area contributed by atoms with Gasteiger partial charge in [-0.3, -0.25) is 4.79 Å². The van der Waals surface area contributed by atoms with Crippen LogP contribution < -0.4 is 0 Å². The standard InChI is InChI=1S/C22H20F6N2O3S/c23-21(24,25)16-4-6-19(7-5-16)34(32,33)29-8-9-30-18(13-29)12-15(20(30)31)10-14-2-1-3-17(11-14)22(26,27)28/h1-7,11,15,18H,8-10,12-13H2/t15?,18-/m0/s1. The van der Waals surface area contributed by atoms with Crippen molar-refractivity contribution in [3.8, 4) is 0 Å². The second-order valence-electron chi connectivity index (χ2n) is 8.41. The average Bonchev–Trinajstić information content (AvgIpc) is 3.07. The molecule has 2 aliphatic rings. The summed E-state index contributed by atoms with van der Waals surface area (Å²) in [6.07, 6.45) is -8.72. The van der Waals surface area contributed by atoms with Crippen LogP contribution >= 0.6 is 0 Å². The van der Waals surface area contributed by atoms with Gasteiger partial charge >= 0.3 is 12.4 Å². The van der Waals surface area contributed by atoms with Crippen molar-refractivity contribution in [1.82, 2.24) is 9.21 Å². The summed E-state index contributed by atoms with van der Waals surface area (Å²) in [6, 6.07) is 7.51. The molecule has 0 N–H and O–H groups in total. The Morgan fingerprint density at radius 3 is 2.15 bits per heavy atom. The Morgan fingerprint density at radius 2 is 1.53 bits per heavy atom. The smallest absolute Gasteiger partial charge is 0.337 e. The van der Waals surface area contributed by atoms with Crippen molar-refractivity contribution in [3.05, 3.63) is 65.2 Å². The molecule has 184 valence electrons. The maximum absolute atomic E-state index is 13.0. The summed E-state index contributed by atoms with van der Waals surface area (Å²) in [5.74, 6) is -0.823. The van der Waals surface area contributed by atoms with Gasteiger partial charge in [0.2, 0.25) is 15.9 Å². The molecule has 4 rings (SSSR count). The van der Waals surface area contributed by atoms with E-state index in [1.54, 1.807) is 0 Å². The number of amides is 1. The molecule has 2 aliphatic heterocycles. The van der Waals surface area contributed by atoms with Gasteiger partial charge in [-0.2, -0.15) is 30.6 Å². The van der Waals surface area contributed by atoms with Gasteiger partial charge in [-0.15, -0.1) is 0 Å². The fourth-order valence-electron chi connectivity index (χ4n) is 4.50. The summed E-state index contributed by atoms with van der Waals surface area (Å²) in [6.45, 7) is 0.0402. The zero-order chi connectivity index (χ0) is 24.9. The lowest BCUT2D eigenvalue weighted by atomic mass is 9.95. The van der Waals surface area contributed by atoms with Crippen molar-refractivity contribution in [2.75, 3.05) is 19.6 Å². The average molecular weight is 506 g/mol. The normalized spacial score (nSPS) is 22.2. The van der Waals surface area contributed by atoms with E-state index in [4.69, 9.17) is 0 Å². The van der Waals surface area contributed by atoms with Gasteiger partial charge in [-0.25, -0.2) is 8.42 Å².